The summed E-state index contributed by atoms with van der Waals surface area (Å²) in [6.07, 6.45) is 80.4. The molecule has 0 saturated heterocycles. The summed E-state index contributed by atoms with van der Waals surface area (Å²) in [5, 5.41) is 23.1. The van der Waals surface area contributed by atoms with Crippen molar-refractivity contribution in [3.8, 4) is 0 Å². The Hall–Kier alpha value is -3.21. The van der Waals surface area contributed by atoms with E-state index in [-0.39, 0.29) is 12.5 Å². The standard InChI is InChI=1S/C58H97NO3/c1-3-5-7-9-11-13-15-17-19-21-23-24-25-26-27-28-29-30-31-32-33-34-36-38-40-42-44-46-48-50-52-54-58(62)59-56(55-60)57(61)53-51-49-47-45-43-41-39-37-35-22-20-18-16-14-12-10-8-6-4-2/h5,7,11,13,17,19,23-24,26-27,29-30,32-33,36,38,43,45,51,53,56-57,60-61H,3-4,6,8-10,12,14-16,18,20-22,25,28,31,34-35,37,39-42,44,46-50,52,54-55H2,1-2H3,(H,59,62)/b7-5-,13-11-,19-17-,24-23-,27-26-,30-29-,33-32-,38-36-,45-43+,53-51+. The van der Waals surface area contributed by atoms with Gasteiger partial charge in [-0.2, -0.15) is 0 Å². The quantitative estimate of drug-likeness (QED) is 0.0422. The summed E-state index contributed by atoms with van der Waals surface area (Å²) in [6.45, 7) is 4.17. The van der Waals surface area contributed by atoms with Crippen LogP contribution in [0, 0.1) is 0 Å². The molecule has 3 N–H and O–H groups in total. The molecule has 0 aromatic rings. The second kappa shape index (κ2) is 52.1. The first-order valence-corrected chi connectivity index (χ1v) is 25.7. The zero-order valence-corrected chi connectivity index (χ0v) is 40.3. The van der Waals surface area contributed by atoms with E-state index < -0.39 is 12.1 Å². The summed E-state index contributed by atoms with van der Waals surface area (Å²) in [5.41, 5.74) is 0. The topological polar surface area (TPSA) is 69.6 Å². The van der Waals surface area contributed by atoms with Gasteiger partial charge >= 0.3 is 0 Å². The molecule has 0 bridgehead atoms. The third-order valence-electron chi connectivity index (χ3n) is 10.9. The molecule has 4 heteroatoms. The first kappa shape index (κ1) is 58.8. The molecule has 0 spiro atoms. The lowest BCUT2D eigenvalue weighted by atomic mass is 10.0. The van der Waals surface area contributed by atoms with Crippen molar-refractivity contribution < 1.29 is 15.0 Å². The number of amides is 1. The van der Waals surface area contributed by atoms with Gasteiger partial charge in [-0.3, -0.25) is 4.79 Å². The number of carbonyl (C=O) groups is 1. The normalized spacial score (nSPS) is 13.9. The van der Waals surface area contributed by atoms with Gasteiger partial charge in [0.2, 0.25) is 5.91 Å². The number of nitrogens with one attached hydrogen (secondary N) is 1. The van der Waals surface area contributed by atoms with E-state index in [1.807, 2.05) is 6.08 Å². The highest BCUT2D eigenvalue weighted by Gasteiger charge is 2.17. The van der Waals surface area contributed by atoms with Crippen LogP contribution in [0.1, 0.15) is 219 Å². The summed E-state index contributed by atoms with van der Waals surface area (Å²) in [4.78, 5) is 12.4. The molecule has 0 fully saturated rings. The highest BCUT2D eigenvalue weighted by atomic mass is 16.3. The second-order valence-electron chi connectivity index (χ2n) is 16.8. The molecule has 0 aromatic carbocycles. The molecule has 0 aliphatic heterocycles. The summed E-state index contributed by atoms with van der Waals surface area (Å²) in [7, 11) is 0. The minimum atomic E-state index is -0.878. The van der Waals surface area contributed by atoms with Crippen LogP contribution >= 0.6 is 0 Å². The molecular weight excluding hydrogens is 759 g/mol. The predicted molar refractivity (Wildman–Crippen MR) is 276 cm³/mol. The van der Waals surface area contributed by atoms with Crippen LogP contribution in [0.5, 0.6) is 0 Å². The maximum atomic E-state index is 12.4. The smallest absolute Gasteiger partial charge is 0.220 e. The minimum absolute atomic E-state index is 0.0934. The molecule has 0 radical (unpaired) electrons. The predicted octanol–water partition coefficient (Wildman–Crippen LogP) is 16.9. The maximum absolute atomic E-state index is 12.4. The number of unbranched alkanes of at least 4 members (excludes halogenated alkanes) is 20. The molecule has 0 aromatic heterocycles. The van der Waals surface area contributed by atoms with E-state index in [1.165, 1.54) is 103 Å². The van der Waals surface area contributed by atoms with E-state index in [0.29, 0.717) is 6.42 Å². The molecule has 1 amide bonds. The number of aliphatic hydroxyl groups is 2. The van der Waals surface area contributed by atoms with E-state index >= 15 is 0 Å². The van der Waals surface area contributed by atoms with Crippen molar-refractivity contribution in [3.05, 3.63) is 122 Å². The molecule has 2 unspecified atom stereocenters. The number of allylic oxidation sites excluding steroid dienone is 19. The van der Waals surface area contributed by atoms with Gasteiger partial charge in [-0.1, -0.05) is 238 Å². The third kappa shape index (κ3) is 47.8. The van der Waals surface area contributed by atoms with E-state index in [2.05, 4.69) is 129 Å². The highest BCUT2D eigenvalue weighted by Crippen LogP contribution is 2.14. The van der Waals surface area contributed by atoms with Crippen molar-refractivity contribution in [1.82, 2.24) is 5.32 Å². The van der Waals surface area contributed by atoms with Crippen LogP contribution in [-0.4, -0.2) is 34.9 Å². The van der Waals surface area contributed by atoms with Crippen LogP contribution in [-0.2, 0) is 4.79 Å². The van der Waals surface area contributed by atoms with Gasteiger partial charge in [0, 0.05) is 6.42 Å². The van der Waals surface area contributed by atoms with Crippen molar-refractivity contribution >= 4 is 5.91 Å². The Kier molecular flexibility index (Phi) is 49.4. The van der Waals surface area contributed by atoms with Crippen LogP contribution in [0.2, 0.25) is 0 Å². The molecule has 0 saturated carbocycles. The maximum Gasteiger partial charge on any atom is 0.220 e. The Morgan fingerprint density at radius 3 is 1.13 bits per heavy atom. The molecule has 0 heterocycles. The molecular formula is C58H97NO3. The number of aliphatic hydroxyl groups excluding tert-OH is 2. The van der Waals surface area contributed by atoms with Crippen molar-refractivity contribution in [3.63, 3.8) is 0 Å². The van der Waals surface area contributed by atoms with Crippen LogP contribution in [0.4, 0.5) is 0 Å². The first-order chi connectivity index (χ1) is 30.7. The molecule has 0 aliphatic rings. The number of hydrogen-bond acceptors (Lipinski definition) is 3. The van der Waals surface area contributed by atoms with Crippen LogP contribution in [0.15, 0.2) is 122 Å². The summed E-state index contributed by atoms with van der Waals surface area (Å²) in [6, 6.07) is -0.657. The lowest BCUT2D eigenvalue weighted by Crippen LogP contribution is -2.45. The monoisotopic (exact) mass is 856 g/mol. The van der Waals surface area contributed by atoms with Crippen LogP contribution in [0.3, 0.4) is 0 Å². The Morgan fingerprint density at radius 2 is 0.726 bits per heavy atom. The van der Waals surface area contributed by atoms with Crippen molar-refractivity contribution in [1.29, 1.82) is 0 Å². The van der Waals surface area contributed by atoms with Gasteiger partial charge in [-0.15, -0.1) is 0 Å². The molecule has 0 rings (SSSR count). The fourth-order valence-corrected chi connectivity index (χ4v) is 7.03. The highest BCUT2D eigenvalue weighted by molar-refractivity contribution is 5.76. The summed E-state index contributed by atoms with van der Waals surface area (Å²) < 4.78 is 0. The van der Waals surface area contributed by atoms with E-state index in [0.717, 1.165) is 96.3 Å². The van der Waals surface area contributed by atoms with Gasteiger partial charge in [0.05, 0.1) is 18.8 Å². The SMILES string of the molecule is CC/C=C\C/C=C\C/C=C\C/C=C\C/C=C\C/C=C\C/C=C\C/C=C\CCCCCCCCC(=O)NC(CO)C(O)/C=C/CC/C=C/CCCCCCCCCCCCCCC. The average molecular weight is 856 g/mol. The Bertz CT molecular complexity index is 1240. The lowest BCUT2D eigenvalue weighted by Gasteiger charge is -2.19. The van der Waals surface area contributed by atoms with E-state index in [1.54, 1.807) is 6.08 Å². The first-order valence-electron chi connectivity index (χ1n) is 25.7. The van der Waals surface area contributed by atoms with Gasteiger partial charge in [0.1, 0.15) is 0 Å². The van der Waals surface area contributed by atoms with Crippen molar-refractivity contribution in [2.45, 2.75) is 231 Å². The largest absolute Gasteiger partial charge is 0.394 e. The molecule has 4 nitrogen and oxygen atoms in total. The van der Waals surface area contributed by atoms with Crippen LogP contribution in [0.25, 0.3) is 0 Å². The van der Waals surface area contributed by atoms with E-state index in [4.69, 9.17) is 0 Å². The van der Waals surface area contributed by atoms with Crippen LogP contribution < -0.4 is 5.32 Å². The zero-order valence-electron chi connectivity index (χ0n) is 40.3. The second-order valence-corrected chi connectivity index (χ2v) is 16.8. The summed E-state index contributed by atoms with van der Waals surface area (Å²) >= 11 is 0. The van der Waals surface area contributed by atoms with Gasteiger partial charge < -0.3 is 15.5 Å². The van der Waals surface area contributed by atoms with Crippen molar-refractivity contribution in [2.24, 2.45) is 0 Å². The fourth-order valence-electron chi connectivity index (χ4n) is 7.03. The fraction of sp³-hybridized carbons (Fsp3) is 0.638. The van der Waals surface area contributed by atoms with Gasteiger partial charge in [0.15, 0.2) is 0 Å². The number of carbonyl (C=O) groups excluding carboxylic acids is 1. The Labute approximate surface area is 384 Å². The molecule has 2 atom stereocenters. The Balaban J connectivity index is 3.69. The number of hydrogen-bond donors (Lipinski definition) is 3. The molecule has 62 heavy (non-hydrogen) atoms. The molecule has 0 aliphatic carbocycles. The van der Waals surface area contributed by atoms with E-state index in [9.17, 15) is 15.0 Å². The Morgan fingerprint density at radius 1 is 0.403 bits per heavy atom. The summed E-state index contributed by atoms with van der Waals surface area (Å²) in [5.74, 6) is -0.0934. The van der Waals surface area contributed by atoms with Gasteiger partial charge in [-0.25, -0.2) is 0 Å². The van der Waals surface area contributed by atoms with Gasteiger partial charge in [0.25, 0.3) is 0 Å². The minimum Gasteiger partial charge on any atom is -0.394 e. The third-order valence-corrected chi connectivity index (χ3v) is 10.9. The average Bonchev–Trinajstić information content (AvgIpc) is 3.28. The van der Waals surface area contributed by atoms with Crippen molar-refractivity contribution in [2.75, 3.05) is 6.61 Å². The van der Waals surface area contributed by atoms with Gasteiger partial charge in [-0.05, 0) is 96.3 Å². The molecule has 352 valence electrons. The lowest BCUT2D eigenvalue weighted by molar-refractivity contribution is -0.123. The zero-order chi connectivity index (χ0) is 44.9. The number of rotatable bonds is 45.